The summed E-state index contributed by atoms with van der Waals surface area (Å²) in [5.41, 5.74) is 1.50. The molecule has 0 fully saturated rings. The number of fused-ring (bicyclic) bond motifs is 2. The van der Waals surface area contributed by atoms with E-state index in [9.17, 15) is 9.59 Å². The van der Waals surface area contributed by atoms with Gasteiger partial charge in [-0.1, -0.05) is 66.7 Å². The van der Waals surface area contributed by atoms with E-state index in [0.717, 1.165) is 27.1 Å². The van der Waals surface area contributed by atoms with E-state index in [2.05, 4.69) is 5.32 Å². The molecule has 1 N–H and O–H groups in total. The largest absolute Gasteiger partial charge is 0.497 e. The van der Waals surface area contributed by atoms with Crippen LogP contribution in [0.25, 0.3) is 21.5 Å². The Bertz CT molecular complexity index is 1210. The first-order valence-corrected chi connectivity index (χ1v) is 9.48. The van der Waals surface area contributed by atoms with Crippen molar-refractivity contribution in [2.75, 3.05) is 13.7 Å². The third-order valence-electron chi connectivity index (χ3n) is 5.01. The molecule has 0 aliphatic carbocycles. The molecule has 0 unspecified atom stereocenters. The van der Waals surface area contributed by atoms with Crippen LogP contribution in [-0.2, 0) is 11.2 Å². The van der Waals surface area contributed by atoms with Crippen LogP contribution in [0.1, 0.15) is 15.9 Å². The highest BCUT2D eigenvalue weighted by Gasteiger charge is 2.13. The number of carbonyl (C=O) groups is 2. The minimum atomic E-state index is -0.175. The number of carbonyl (C=O) groups excluding carboxylic acids is 2. The highest BCUT2D eigenvalue weighted by atomic mass is 16.5. The van der Waals surface area contributed by atoms with Crippen LogP contribution in [0.4, 0.5) is 0 Å². The van der Waals surface area contributed by atoms with Crippen LogP contribution >= 0.6 is 0 Å². The monoisotopic (exact) mass is 383 g/mol. The standard InChI is InChI=1S/C25H21NO3/c1-29-21-12-11-19-7-4-8-22(23(19)15-21)24(27)16-26-25(28)14-17-9-10-18-5-2-3-6-20(18)13-17/h2-13,15H,14,16H2,1H3,(H,26,28). The Morgan fingerprint density at radius 1 is 0.828 bits per heavy atom. The van der Waals surface area contributed by atoms with E-state index in [0.29, 0.717) is 11.3 Å². The lowest BCUT2D eigenvalue weighted by Gasteiger charge is -2.09. The van der Waals surface area contributed by atoms with Crippen LogP contribution in [0, 0.1) is 0 Å². The van der Waals surface area contributed by atoms with Gasteiger partial charge in [-0.2, -0.15) is 0 Å². The quantitative estimate of drug-likeness (QED) is 0.497. The lowest BCUT2D eigenvalue weighted by Crippen LogP contribution is -2.30. The molecular formula is C25H21NO3. The number of ketones is 1. The number of benzene rings is 4. The molecule has 1 amide bonds. The summed E-state index contributed by atoms with van der Waals surface area (Å²) in [7, 11) is 1.60. The van der Waals surface area contributed by atoms with Crippen LogP contribution in [0.15, 0.2) is 78.9 Å². The molecule has 0 atom stereocenters. The van der Waals surface area contributed by atoms with Gasteiger partial charge in [0.25, 0.3) is 0 Å². The van der Waals surface area contributed by atoms with Crippen molar-refractivity contribution in [2.45, 2.75) is 6.42 Å². The van der Waals surface area contributed by atoms with Gasteiger partial charge in [-0.3, -0.25) is 9.59 Å². The minimum absolute atomic E-state index is 0.0390. The van der Waals surface area contributed by atoms with Crippen molar-refractivity contribution < 1.29 is 14.3 Å². The third kappa shape index (κ3) is 4.11. The number of amides is 1. The average molecular weight is 383 g/mol. The molecule has 4 nitrogen and oxygen atoms in total. The van der Waals surface area contributed by atoms with Crippen molar-refractivity contribution >= 4 is 33.2 Å². The Balaban J connectivity index is 1.45. The van der Waals surface area contributed by atoms with Crippen LogP contribution in [-0.4, -0.2) is 25.3 Å². The van der Waals surface area contributed by atoms with Gasteiger partial charge in [-0.15, -0.1) is 0 Å². The molecular weight excluding hydrogens is 362 g/mol. The predicted octanol–water partition coefficient (Wildman–Crippen LogP) is 4.54. The van der Waals surface area contributed by atoms with Crippen molar-refractivity contribution in [3.63, 3.8) is 0 Å². The smallest absolute Gasteiger partial charge is 0.224 e. The summed E-state index contributed by atoms with van der Waals surface area (Å²) < 4.78 is 5.27. The van der Waals surface area contributed by atoms with E-state index < -0.39 is 0 Å². The van der Waals surface area contributed by atoms with Gasteiger partial charge in [-0.05, 0) is 39.2 Å². The maximum absolute atomic E-state index is 12.7. The van der Waals surface area contributed by atoms with E-state index in [1.807, 2.05) is 72.8 Å². The first kappa shape index (κ1) is 18.7. The topological polar surface area (TPSA) is 55.4 Å². The Kier molecular flexibility index (Phi) is 5.25. The third-order valence-corrected chi connectivity index (χ3v) is 5.01. The SMILES string of the molecule is COc1ccc2cccc(C(=O)CNC(=O)Cc3ccc4ccccc4c3)c2c1. The molecule has 0 aromatic heterocycles. The Morgan fingerprint density at radius 2 is 1.59 bits per heavy atom. The van der Waals surface area contributed by atoms with Crippen molar-refractivity contribution in [3.05, 3.63) is 90.0 Å². The highest BCUT2D eigenvalue weighted by Crippen LogP contribution is 2.24. The lowest BCUT2D eigenvalue weighted by molar-refractivity contribution is -0.120. The van der Waals surface area contributed by atoms with E-state index in [1.165, 1.54) is 0 Å². The number of rotatable bonds is 6. The molecule has 0 heterocycles. The number of ether oxygens (including phenoxy) is 1. The zero-order valence-corrected chi connectivity index (χ0v) is 16.1. The van der Waals surface area contributed by atoms with E-state index >= 15 is 0 Å². The van der Waals surface area contributed by atoms with Gasteiger partial charge in [0.2, 0.25) is 5.91 Å². The maximum Gasteiger partial charge on any atom is 0.224 e. The van der Waals surface area contributed by atoms with Gasteiger partial charge in [0, 0.05) is 5.56 Å². The average Bonchev–Trinajstić information content (AvgIpc) is 2.76. The first-order valence-electron chi connectivity index (χ1n) is 9.48. The van der Waals surface area contributed by atoms with Gasteiger partial charge >= 0.3 is 0 Å². The summed E-state index contributed by atoms with van der Waals surface area (Å²) in [6, 6.07) is 25.2. The van der Waals surface area contributed by atoms with Gasteiger partial charge in [-0.25, -0.2) is 0 Å². The summed E-state index contributed by atoms with van der Waals surface area (Å²) in [5, 5.41) is 6.76. The van der Waals surface area contributed by atoms with Gasteiger partial charge in [0.15, 0.2) is 5.78 Å². The molecule has 0 saturated carbocycles. The van der Waals surface area contributed by atoms with Gasteiger partial charge < -0.3 is 10.1 Å². The van der Waals surface area contributed by atoms with Gasteiger partial charge in [0.05, 0.1) is 20.1 Å². The summed E-state index contributed by atoms with van der Waals surface area (Å²) in [5.74, 6) is 0.389. The fraction of sp³-hybridized carbons (Fsp3) is 0.120. The lowest BCUT2D eigenvalue weighted by atomic mass is 10.0. The zero-order valence-electron chi connectivity index (χ0n) is 16.1. The summed E-state index contributed by atoms with van der Waals surface area (Å²) in [4.78, 5) is 25.1. The summed E-state index contributed by atoms with van der Waals surface area (Å²) in [6.07, 6.45) is 0.238. The second kappa shape index (κ2) is 8.15. The molecule has 0 radical (unpaired) electrons. The molecule has 0 aliphatic heterocycles. The Labute approximate surface area is 169 Å². The molecule has 4 rings (SSSR count). The number of hydrogen-bond acceptors (Lipinski definition) is 3. The van der Waals surface area contributed by atoms with Crippen LogP contribution in [0.5, 0.6) is 5.75 Å². The highest BCUT2D eigenvalue weighted by molar-refractivity contribution is 6.10. The van der Waals surface area contributed by atoms with Crippen LogP contribution in [0.2, 0.25) is 0 Å². The fourth-order valence-corrected chi connectivity index (χ4v) is 3.49. The number of hydrogen-bond donors (Lipinski definition) is 1. The Morgan fingerprint density at radius 3 is 2.41 bits per heavy atom. The molecule has 29 heavy (non-hydrogen) atoms. The molecule has 4 aromatic rings. The molecule has 4 aromatic carbocycles. The molecule has 0 aliphatic rings. The van der Waals surface area contributed by atoms with Gasteiger partial charge in [0.1, 0.15) is 5.75 Å². The van der Waals surface area contributed by atoms with Crippen molar-refractivity contribution in [2.24, 2.45) is 0 Å². The second-order valence-electron chi connectivity index (χ2n) is 6.95. The van der Waals surface area contributed by atoms with E-state index in [1.54, 1.807) is 13.2 Å². The normalized spacial score (nSPS) is 10.8. The molecule has 0 spiro atoms. The minimum Gasteiger partial charge on any atom is -0.497 e. The van der Waals surface area contributed by atoms with E-state index in [-0.39, 0.29) is 24.7 Å². The molecule has 0 bridgehead atoms. The number of methoxy groups -OCH3 is 1. The maximum atomic E-state index is 12.7. The number of nitrogens with one attached hydrogen (secondary N) is 1. The summed E-state index contributed by atoms with van der Waals surface area (Å²) >= 11 is 0. The number of Topliss-reactive ketones (excluding diaryl/α,β-unsaturated/α-hetero) is 1. The second-order valence-corrected chi connectivity index (χ2v) is 6.95. The Hall–Kier alpha value is -3.66. The predicted molar refractivity (Wildman–Crippen MR) is 115 cm³/mol. The van der Waals surface area contributed by atoms with E-state index in [4.69, 9.17) is 4.74 Å². The molecule has 0 saturated heterocycles. The van der Waals surface area contributed by atoms with Crippen LogP contribution in [0.3, 0.4) is 0 Å². The summed E-state index contributed by atoms with van der Waals surface area (Å²) in [6.45, 7) is -0.0390. The van der Waals surface area contributed by atoms with Crippen molar-refractivity contribution in [3.8, 4) is 5.75 Å². The first-order chi connectivity index (χ1) is 14.1. The zero-order chi connectivity index (χ0) is 20.2. The van der Waals surface area contributed by atoms with Crippen molar-refractivity contribution in [1.29, 1.82) is 0 Å². The van der Waals surface area contributed by atoms with Crippen LogP contribution < -0.4 is 10.1 Å². The fourth-order valence-electron chi connectivity index (χ4n) is 3.49. The van der Waals surface area contributed by atoms with Crippen molar-refractivity contribution in [1.82, 2.24) is 5.32 Å². The molecule has 4 heteroatoms. The molecule has 144 valence electrons.